The lowest BCUT2D eigenvalue weighted by Gasteiger charge is -2.39. The lowest BCUT2D eigenvalue weighted by Crippen LogP contribution is -2.45. The molecule has 0 fully saturated rings. The molecule has 3 aromatic carbocycles. The van der Waals surface area contributed by atoms with Crippen LogP contribution in [-0.2, 0) is 25.7 Å². The van der Waals surface area contributed by atoms with Gasteiger partial charge in [0, 0.05) is 64.7 Å². The van der Waals surface area contributed by atoms with Crippen LogP contribution in [0.2, 0.25) is 0 Å². The first kappa shape index (κ1) is 19.1. The summed E-state index contributed by atoms with van der Waals surface area (Å²) in [4.78, 5) is 2.62. The second-order valence-corrected chi connectivity index (χ2v) is 10.6. The predicted octanol–water partition coefficient (Wildman–Crippen LogP) is 3.72. The molecule has 168 valence electrons. The zero-order valence-corrected chi connectivity index (χ0v) is 19.7. The van der Waals surface area contributed by atoms with Crippen molar-refractivity contribution in [1.82, 2.24) is 4.58 Å². The number of hydrogen-bond acceptors (Lipinski definition) is 2. The van der Waals surface area contributed by atoms with Crippen LogP contribution in [0.15, 0.2) is 30.3 Å². The normalized spacial score (nSPS) is 19.4. The van der Waals surface area contributed by atoms with E-state index in [0.717, 1.165) is 29.9 Å². The summed E-state index contributed by atoms with van der Waals surface area (Å²) in [6.07, 6.45) is 9.48. The quantitative estimate of drug-likeness (QED) is 0.415. The van der Waals surface area contributed by atoms with Crippen LogP contribution >= 0.6 is 0 Å². The molecule has 3 nitrogen and oxygen atoms in total. The van der Waals surface area contributed by atoms with Crippen molar-refractivity contribution < 1.29 is 4.74 Å². The molecule has 34 heavy (non-hydrogen) atoms. The summed E-state index contributed by atoms with van der Waals surface area (Å²) in [7, 11) is 0. The molecule has 0 saturated carbocycles. The van der Waals surface area contributed by atoms with Crippen LogP contribution in [0.4, 0.5) is 5.69 Å². The highest BCUT2D eigenvalue weighted by Gasteiger charge is 2.35. The van der Waals surface area contributed by atoms with Crippen molar-refractivity contribution in [3.63, 3.8) is 0 Å². The molecule has 0 spiro atoms. The van der Waals surface area contributed by atoms with Crippen molar-refractivity contribution in [3.05, 3.63) is 86.4 Å². The molecule has 0 amide bonds. The third-order valence-electron chi connectivity index (χ3n) is 8.61. The fourth-order valence-corrected chi connectivity index (χ4v) is 7.30. The fraction of sp³-hybridized carbons (Fsp3) is 0.387. The van der Waals surface area contributed by atoms with E-state index in [1.807, 2.05) is 6.07 Å². The fourth-order valence-electron chi connectivity index (χ4n) is 7.30. The van der Waals surface area contributed by atoms with Gasteiger partial charge >= 0.3 is 0 Å². The first-order valence-electron chi connectivity index (χ1n) is 13.2. The predicted molar refractivity (Wildman–Crippen MR) is 134 cm³/mol. The van der Waals surface area contributed by atoms with Gasteiger partial charge in [-0.2, -0.15) is 0 Å². The highest BCUT2D eigenvalue weighted by molar-refractivity contribution is 5.89. The average molecular weight is 446 g/mol. The molecule has 8 rings (SSSR count). The van der Waals surface area contributed by atoms with Gasteiger partial charge in [0.15, 0.2) is 0 Å². The third kappa shape index (κ3) is 2.57. The third-order valence-corrected chi connectivity index (χ3v) is 8.61. The van der Waals surface area contributed by atoms with Crippen molar-refractivity contribution in [2.75, 3.05) is 31.1 Å². The van der Waals surface area contributed by atoms with Crippen molar-refractivity contribution in [1.29, 1.82) is 0 Å². The van der Waals surface area contributed by atoms with Crippen molar-refractivity contribution in [3.8, 4) is 11.5 Å². The van der Waals surface area contributed by atoms with Gasteiger partial charge in [-0.25, -0.2) is 4.58 Å². The lowest BCUT2D eigenvalue weighted by molar-refractivity contribution is 0.431. The van der Waals surface area contributed by atoms with E-state index in [2.05, 4.69) is 45.9 Å². The van der Waals surface area contributed by atoms with Crippen LogP contribution in [-0.4, -0.2) is 26.2 Å². The molecular weight excluding hydrogens is 416 g/mol. The molecule has 0 N–H and O–H groups in total. The molecule has 3 aromatic rings. The number of benzene rings is 2. The summed E-state index contributed by atoms with van der Waals surface area (Å²) in [6, 6.07) is 17.9. The topological polar surface area (TPSA) is 15.5 Å². The number of nitrogens with zero attached hydrogens (tertiary/aromatic N) is 2. The molecule has 0 unspecified atom stereocenters. The van der Waals surface area contributed by atoms with Crippen LogP contribution in [0, 0.1) is 12.1 Å². The lowest BCUT2D eigenvalue weighted by atomic mass is 9.83. The Kier molecular flexibility index (Phi) is 4.00. The SMILES string of the molecule is c1cccc(C2=c3cc4c5c(c3Oc3c2cc2c6c3CCCN6CCC2)CCC[N+]=5CCC4)c#1. The summed E-state index contributed by atoms with van der Waals surface area (Å²) >= 11 is 0. The van der Waals surface area contributed by atoms with Crippen LogP contribution in [0.1, 0.15) is 59.1 Å². The second kappa shape index (κ2) is 7.12. The summed E-state index contributed by atoms with van der Waals surface area (Å²) in [5.41, 5.74) is 11.1. The molecule has 5 aliphatic rings. The minimum Gasteiger partial charge on any atom is -0.455 e. The molecule has 5 heterocycles. The molecule has 0 aliphatic carbocycles. The number of aryl methyl sites for hydroxylation is 2. The number of ether oxygens (including phenoxy) is 1. The Balaban J connectivity index is 1.52. The Morgan fingerprint density at radius 2 is 1.68 bits per heavy atom. The number of fused-ring (bicyclic) bond motifs is 4. The monoisotopic (exact) mass is 445 g/mol. The van der Waals surface area contributed by atoms with Gasteiger partial charge in [0.05, 0.1) is 5.56 Å². The van der Waals surface area contributed by atoms with E-state index < -0.39 is 0 Å². The number of rotatable bonds is 1. The Hall–Kier alpha value is -3.25. The van der Waals surface area contributed by atoms with Crippen molar-refractivity contribution >= 4 is 11.3 Å². The molecule has 0 atom stereocenters. The van der Waals surface area contributed by atoms with E-state index in [9.17, 15) is 0 Å². The second-order valence-electron chi connectivity index (χ2n) is 10.6. The van der Waals surface area contributed by atoms with Gasteiger partial charge in [0.2, 0.25) is 5.36 Å². The molecule has 0 radical (unpaired) electrons. The van der Waals surface area contributed by atoms with Gasteiger partial charge in [0.25, 0.3) is 0 Å². The van der Waals surface area contributed by atoms with Crippen LogP contribution in [0.3, 0.4) is 0 Å². The zero-order valence-electron chi connectivity index (χ0n) is 19.7. The van der Waals surface area contributed by atoms with Gasteiger partial charge in [-0.3, -0.25) is 0 Å². The summed E-state index contributed by atoms with van der Waals surface area (Å²) < 4.78 is 9.69. The average Bonchev–Trinajstić information content (AvgIpc) is 2.89. The van der Waals surface area contributed by atoms with Gasteiger partial charge in [-0.05, 0) is 68.4 Å². The maximum Gasteiger partial charge on any atom is 0.210 e. The van der Waals surface area contributed by atoms with Crippen molar-refractivity contribution in [2.45, 2.75) is 51.4 Å². The minimum atomic E-state index is 1.11. The maximum absolute atomic E-state index is 7.07. The maximum atomic E-state index is 7.07. The molecule has 3 heteroatoms. The van der Waals surface area contributed by atoms with Crippen molar-refractivity contribution in [2.24, 2.45) is 0 Å². The van der Waals surface area contributed by atoms with E-state index in [-0.39, 0.29) is 0 Å². The Morgan fingerprint density at radius 1 is 0.853 bits per heavy atom. The van der Waals surface area contributed by atoms with Crippen LogP contribution in [0.5, 0.6) is 11.5 Å². The van der Waals surface area contributed by atoms with Gasteiger partial charge < -0.3 is 9.64 Å². The number of anilines is 1. The van der Waals surface area contributed by atoms with E-state index in [0.29, 0.717) is 0 Å². The van der Waals surface area contributed by atoms with E-state index in [1.165, 1.54) is 114 Å². The van der Waals surface area contributed by atoms with Crippen LogP contribution < -0.4 is 24.8 Å². The highest BCUT2D eigenvalue weighted by atomic mass is 16.5. The van der Waals surface area contributed by atoms with Crippen LogP contribution in [0.25, 0.3) is 5.57 Å². The molecule has 5 aliphatic heterocycles. The van der Waals surface area contributed by atoms with E-state index >= 15 is 0 Å². The largest absolute Gasteiger partial charge is 0.455 e. The Bertz CT molecular complexity index is 1480. The summed E-state index contributed by atoms with van der Waals surface area (Å²) in [6.45, 7) is 4.73. The Morgan fingerprint density at radius 3 is 2.56 bits per heavy atom. The standard InChI is InChI=1S/C31H29N2O/c1-2-8-20(9-3-1)27-25-18-21-10-4-14-32-16-6-12-23(28(21)32)30(25)34-31-24-13-7-17-33-15-5-11-22(29(24)33)19-26(27)31/h1-2,8,18-19H,4-7,10-17H2/q+1. The summed E-state index contributed by atoms with van der Waals surface area (Å²) in [5.74, 6) is 2.24. The molecule has 0 aromatic heterocycles. The minimum absolute atomic E-state index is 1.11. The van der Waals surface area contributed by atoms with Gasteiger partial charge in [0.1, 0.15) is 24.6 Å². The molecule has 0 saturated heterocycles. The van der Waals surface area contributed by atoms with E-state index in [4.69, 9.17) is 4.74 Å². The smallest absolute Gasteiger partial charge is 0.210 e. The summed E-state index contributed by atoms with van der Waals surface area (Å²) in [5, 5.41) is 2.76. The highest BCUT2D eigenvalue weighted by Crippen LogP contribution is 2.48. The van der Waals surface area contributed by atoms with Gasteiger partial charge in [-0.15, -0.1) is 0 Å². The Labute approximate surface area is 201 Å². The van der Waals surface area contributed by atoms with E-state index in [1.54, 1.807) is 0 Å². The first-order chi connectivity index (χ1) is 16.9. The molecule has 0 bridgehead atoms. The number of hydrogen-bond donors (Lipinski definition) is 0. The zero-order chi connectivity index (χ0) is 22.2. The van der Waals surface area contributed by atoms with Gasteiger partial charge in [-0.1, -0.05) is 18.2 Å². The first-order valence-corrected chi connectivity index (χ1v) is 13.2. The molecular formula is C31H29N2O+.